The molecule has 0 bridgehead atoms. The van der Waals surface area contributed by atoms with Gasteiger partial charge in [-0.1, -0.05) is 17.8 Å². The zero-order chi connectivity index (χ0) is 19.2. The van der Waals surface area contributed by atoms with Gasteiger partial charge in [-0.05, 0) is 36.1 Å². The van der Waals surface area contributed by atoms with Gasteiger partial charge in [0.25, 0.3) is 5.91 Å². The summed E-state index contributed by atoms with van der Waals surface area (Å²) in [5.41, 5.74) is 1.51. The van der Waals surface area contributed by atoms with Crippen LogP contribution in [-0.4, -0.2) is 41.3 Å². The second-order valence-electron chi connectivity index (χ2n) is 5.52. The Hall–Kier alpha value is -2.65. The fourth-order valence-corrected chi connectivity index (χ4v) is 3.88. The summed E-state index contributed by atoms with van der Waals surface area (Å²) in [7, 11) is 1.52. The first kappa shape index (κ1) is 19.1. The van der Waals surface area contributed by atoms with Crippen molar-refractivity contribution in [2.45, 2.75) is 11.9 Å². The van der Waals surface area contributed by atoms with Crippen molar-refractivity contribution in [3.8, 4) is 5.75 Å². The highest BCUT2D eigenvalue weighted by Crippen LogP contribution is 2.27. The normalized spacial score (nSPS) is 10.6. The number of thiophene rings is 1. The number of rotatable bonds is 7. The number of nitrogens with zero attached hydrogens (tertiary/aromatic N) is 2. The van der Waals surface area contributed by atoms with Crippen LogP contribution in [0.4, 0.5) is 5.69 Å². The van der Waals surface area contributed by atoms with Gasteiger partial charge in [0.05, 0.1) is 18.6 Å². The minimum Gasteiger partial charge on any atom is -0.495 e. The summed E-state index contributed by atoms with van der Waals surface area (Å²) in [6.45, 7) is 1.54. The second-order valence-corrected chi connectivity index (χ2v) is 7.38. The smallest absolute Gasteiger partial charge is 0.316 e. The van der Waals surface area contributed by atoms with Crippen LogP contribution in [0.25, 0.3) is 10.2 Å². The molecule has 1 amide bonds. The lowest BCUT2D eigenvalue weighted by Gasteiger charge is -2.11. The number of benzene rings is 1. The Kier molecular flexibility index (Phi) is 6.25. The molecule has 2 aromatic heterocycles. The molecular weight excluding hydrogens is 386 g/mol. The highest BCUT2D eigenvalue weighted by molar-refractivity contribution is 8.00. The third kappa shape index (κ3) is 4.95. The van der Waals surface area contributed by atoms with E-state index in [-0.39, 0.29) is 12.4 Å². The van der Waals surface area contributed by atoms with Crippen molar-refractivity contribution in [3.05, 3.63) is 41.5 Å². The zero-order valence-electron chi connectivity index (χ0n) is 14.7. The van der Waals surface area contributed by atoms with E-state index in [9.17, 15) is 9.59 Å². The Morgan fingerprint density at radius 1 is 1.26 bits per heavy atom. The molecule has 0 saturated heterocycles. The molecule has 0 aliphatic heterocycles. The Morgan fingerprint density at radius 2 is 2.11 bits per heavy atom. The lowest BCUT2D eigenvalue weighted by atomic mass is 10.2. The number of nitrogens with one attached hydrogen (secondary N) is 1. The number of carbonyl (C=O) groups excluding carboxylic acids is 2. The summed E-state index contributed by atoms with van der Waals surface area (Å²) in [5.74, 6) is -0.324. The SMILES string of the molecule is COc1ccc(C)cc1NC(=O)COC(=O)CSc1ncnc2sccc12. The van der Waals surface area contributed by atoms with E-state index < -0.39 is 11.9 Å². The van der Waals surface area contributed by atoms with Crippen LogP contribution in [-0.2, 0) is 14.3 Å². The fraction of sp³-hybridized carbons (Fsp3) is 0.222. The number of ether oxygens (including phenoxy) is 2. The van der Waals surface area contributed by atoms with Gasteiger partial charge in [0.1, 0.15) is 21.9 Å². The number of methoxy groups -OCH3 is 1. The molecule has 0 atom stereocenters. The number of hydrogen-bond donors (Lipinski definition) is 1. The molecule has 0 aliphatic carbocycles. The number of aromatic nitrogens is 2. The first-order valence-electron chi connectivity index (χ1n) is 7.98. The quantitative estimate of drug-likeness (QED) is 0.368. The third-order valence-electron chi connectivity index (χ3n) is 3.55. The summed E-state index contributed by atoms with van der Waals surface area (Å²) >= 11 is 2.77. The number of carbonyl (C=O) groups is 2. The maximum atomic E-state index is 12.0. The van der Waals surface area contributed by atoms with Crippen LogP contribution in [0.3, 0.4) is 0 Å². The number of hydrogen-bond acceptors (Lipinski definition) is 8. The lowest BCUT2D eigenvalue weighted by Crippen LogP contribution is -2.22. The fourth-order valence-electron chi connectivity index (χ4n) is 2.30. The van der Waals surface area contributed by atoms with Crippen molar-refractivity contribution in [3.63, 3.8) is 0 Å². The molecule has 1 N–H and O–H groups in total. The van der Waals surface area contributed by atoms with E-state index in [4.69, 9.17) is 9.47 Å². The van der Waals surface area contributed by atoms with Gasteiger partial charge < -0.3 is 14.8 Å². The van der Waals surface area contributed by atoms with Crippen molar-refractivity contribution in [2.24, 2.45) is 0 Å². The number of aryl methyl sites for hydroxylation is 1. The average Bonchev–Trinajstić information content (AvgIpc) is 3.14. The van der Waals surface area contributed by atoms with Gasteiger partial charge in [0, 0.05) is 5.39 Å². The van der Waals surface area contributed by atoms with E-state index in [0.29, 0.717) is 16.5 Å². The summed E-state index contributed by atoms with van der Waals surface area (Å²) < 4.78 is 10.2. The van der Waals surface area contributed by atoms with Gasteiger partial charge in [0.15, 0.2) is 6.61 Å². The minimum absolute atomic E-state index is 0.0585. The van der Waals surface area contributed by atoms with E-state index in [0.717, 1.165) is 15.8 Å². The van der Waals surface area contributed by atoms with Gasteiger partial charge in [-0.2, -0.15) is 0 Å². The highest BCUT2D eigenvalue weighted by atomic mass is 32.2. The maximum Gasteiger partial charge on any atom is 0.316 e. The second kappa shape index (κ2) is 8.83. The van der Waals surface area contributed by atoms with E-state index in [1.807, 2.05) is 24.4 Å². The Labute approximate surface area is 164 Å². The number of amides is 1. The zero-order valence-corrected chi connectivity index (χ0v) is 16.4. The largest absolute Gasteiger partial charge is 0.495 e. The monoisotopic (exact) mass is 403 g/mol. The lowest BCUT2D eigenvalue weighted by molar-refractivity contribution is -0.144. The molecule has 0 aliphatic rings. The molecule has 3 rings (SSSR count). The molecule has 0 spiro atoms. The predicted molar refractivity (Wildman–Crippen MR) is 105 cm³/mol. The number of thioether (sulfide) groups is 1. The summed E-state index contributed by atoms with van der Waals surface area (Å²) in [5, 5.41) is 6.23. The molecule has 1 aromatic carbocycles. The number of fused-ring (bicyclic) bond motifs is 1. The van der Waals surface area contributed by atoms with E-state index >= 15 is 0 Å². The van der Waals surface area contributed by atoms with Crippen molar-refractivity contribution >= 4 is 50.9 Å². The molecule has 7 nitrogen and oxygen atoms in total. The first-order valence-corrected chi connectivity index (χ1v) is 9.84. The van der Waals surface area contributed by atoms with Crippen LogP contribution in [0.15, 0.2) is 41.0 Å². The van der Waals surface area contributed by atoms with E-state index in [2.05, 4.69) is 15.3 Å². The molecule has 9 heteroatoms. The molecule has 0 saturated carbocycles. The molecule has 0 unspecified atom stereocenters. The van der Waals surface area contributed by atoms with Gasteiger partial charge in [0.2, 0.25) is 0 Å². The van der Waals surface area contributed by atoms with Crippen LogP contribution in [0.5, 0.6) is 5.75 Å². The standard InChI is InChI=1S/C18H17N3O4S2/c1-11-3-4-14(24-2)13(7-11)21-15(22)8-25-16(23)9-27-18-12-5-6-26-17(12)19-10-20-18/h3-7,10H,8-9H2,1-2H3,(H,21,22). The molecule has 0 radical (unpaired) electrons. The summed E-state index contributed by atoms with van der Waals surface area (Å²) in [6.07, 6.45) is 1.47. The van der Waals surface area contributed by atoms with Crippen LogP contribution >= 0.6 is 23.1 Å². The van der Waals surface area contributed by atoms with Crippen LogP contribution in [0, 0.1) is 6.92 Å². The molecule has 140 valence electrons. The maximum absolute atomic E-state index is 12.0. The molecule has 2 heterocycles. The van der Waals surface area contributed by atoms with Gasteiger partial charge in [-0.15, -0.1) is 11.3 Å². The Bertz CT molecular complexity index is 974. The molecule has 27 heavy (non-hydrogen) atoms. The van der Waals surface area contributed by atoms with Crippen molar-refractivity contribution < 1.29 is 19.1 Å². The van der Waals surface area contributed by atoms with Crippen LogP contribution in [0.2, 0.25) is 0 Å². The van der Waals surface area contributed by atoms with Crippen molar-refractivity contribution in [2.75, 3.05) is 24.8 Å². The highest BCUT2D eigenvalue weighted by Gasteiger charge is 2.13. The van der Waals surface area contributed by atoms with E-state index in [1.165, 1.54) is 36.5 Å². The van der Waals surface area contributed by atoms with Gasteiger partial charge >= 0.3 is 5.97 Å². The molecule has 3 aromatic rings. The predicted octanol–water partition coefficient (Wildman–Crippen LogP) is 3.28. The van der Waals surface area contributed by atoms with Gasteiger partial charge in [-0.3, -0.25) is 9.59 Å². The summed E-state index contributed by atoms with van der Waals surface area (Å²) in [4.78, 5) is 33.2. The first-order chi connectivity index (χ1) is 13.1. The van der Waals surface area contributed by atoms with Crippen LogP contribution < -0.4 is 10.1 Å². The average molecular weight is 403 g/mol. The topological polar surface area (TPSA) is 90.4 Å². The molecule has 0 fully saturated rings. The number of anilines is 1. The van der Waals surface area contributed by atoms with Crippen molar-refractivity contribution in [1.82, 2.24) is 9.97 Å². The Morgan fingerprint density at radius 3 is 2.93 bits per heavy atom. The van der Waals surface area contributed by atoms with Gasteiger partial charge in [-0.25, -0.2) is 9.97 Å². The Balaban J connectivity index is 1.50. The summed E-state index contributed by atoms with van der Waals surface area (Å²) in [6, 6.07) is 7.34. The van der Waals surface area contributed by atoms with Crippen molar-refractivity contribution in [1.29, 1.82) is 0 Å². The molecular formula is C18H17N3O4S2. The third-order valence-corrected chi connectivity index (χ3v) is 5.34. The van der Waals surface area contributed by atoms with Crippen LogP contribution in [0.1, 0.15) is 5.56 Å². The minimum atomic E-state index is -0.492. The van der Waals surface area contributed by atoms with E-state index in [1.54, 1.807) is 12.1 Å². The number of esters is 1.